The number of carbonyl (C=O) groups is 6. The van der Waals surface area contributed by atoms with Gasteiger partial charge in [0.05, 0.1) is 61.9 Å². The Kier molecular flexibility index (Phi) is 12.7. The van der Waals surface area contributed by atoms with Gasteiger partial charge in [0, 0.05) is 26.2 Å². The van der Waals surface area contributed by atoms with Crippen molar-refractivity contribution in [1.82, 2.24) is 19.6 Å². The van der Waals surface area contributed by atoms with Gasteiger partial charge in [0.2, 0.25) is 11.8 Å². The number of fused-ring (bicyclic) bond motifs is 2. The fourth-order valence-electron chi connectivity index (χ4n) is 6.72. The molecule has 3 aliphatic heterocycles. The topological polar surface area (TPSA) is 143 Å². The van der Waals surface area contributed by atoms with Crippen LogP contribution in [-0.2, 0) is 23.8 Å². The molecule has 2 atom stereocenters. The smallest absolute Gasteiger partial charge is 0.262 e. The SMILES string of the molecule is CC(C)C[C@H](C(=O)N1CCOCCOCCN(C(=O)[C@@H](CC(C)C)N2C(=O)c3ccccc3C2=O)CCOCC1)N1C(=O)c2ccccc2C1=O. The first kappa shape index (κ1) is 37.8. The van der Waals surface area contributed by atoms with Crippen molar-refractivity contribution in [2.75, 3.05) is 65.8 Å². The number of nitrogens with zero attached hydrogens (tertiary/aromatic N) is 4. The van der Waals surface area contributed by atoms with Gasteiger partial charge in [-0.15, -0.1) is 0 Å². The van der Waals surface area contributed by atoms with Gasteiger partial charge in [-0.1, -0.05) is 52.0 Å². The lowest BCUT2D eigenvalue weighted by molar-refractivity contribution is -0.138. The predicted octanol–water partition coefficient (Wildman–Crippen LogP) is 3.13. The summed E-state index contributed by atoms with van der Waals surface area (Å²) >= 11 is 0. The third-order valence-corrected chi connectivity index (χ3v) is 9.25. The molecule has 0 N–H and O–H groups in total. The van der Waals surface area contributed by atoms with Gasteiger partial charge in [-0.3, -0.25) is 38.6 Å². The fraction of sp³-hybridized carbons (Fsp3) is 0.526. The minimum Gasteiger partial charge on any atom is -0.378 e. The van der Waals surface area contributed by atoms with E-state index in [-0.39, 0.29) is 125 Å². The van der Waals surface area contributed by atoms with Crippen molar-refractivity contribution in [1.29, 1.82) is 0 Å². The highest BCUT2D eigenvalue weighted by atomic mass is 16.5. The maximum atomic E-state index is 14.2. The second kappa shape index (κ2) is 17.2. The number of ether oxygens (including phenoxy) is 3. The lowest BCUT2D eigenvalue weighted by Crippen LogP contribution is -2.53. The molecular weight excluding hydrogens is 656 g/mol. The Bertz CT molecular complexity index is 1440. The third kappa shape index (κ3) is 8.54. The van der Waals surface area contributed by atoms with Crippen LogP contribution in [0.15, 0.2) is 48.5 Å². The Balaban J connectivity index is 1.29. The lowest BCUT2D eigenvalue weighted by atomic mass is 10.0. The molecule has 13 nitrogen and oxygen atoms in total. The van der Waals surface area contributed by atoms with Crippen molar-refractivity contribution in [2.45, 2.75) is 52.6 Å². The van der Waals surface area contributed by atoms with E-state index in [1.807, 2.05) is 27.7 Å². The molecule has 13 heteroatoms. The number of rotatable bonds is 8. The van der Waals surface area contributed by atoms with Crippen LogP contribution in [0.2, 0.25) is 0 Å². The molecule has 3 aliphatic rings. The molecule has 274 valence electrons. The van der Waals surface area contributed by atoms with Crippen LogP contribution in [0, 0.1) is 11.8 Å². The zero-order valence-electron chi connectivity index (χ0n) is 29.9. The van der Waals surface area contributed by atoms with E-state index in [1.165, 1.54) is 0 Å². The van der Waals surface area contributed by atoms with Gasteiger partial charge in [-0.05, 0) is 48.9 Å². The van der Waals surface area contributed by atoms with E-state index in [0.29, 0.717) is 0 Å². The van der Waals surface area contributed by atoms with Crippen LogP contribution in [0.25, 0.3) is 0 Å². The predicted molar refractivity (Wildman–Crippen MR) is 186 cm³/mol. The number of carbonyl (C=O) groups excluding carboxylic acids is 6. The summed E-state index contributed by atoms with van der Waals surface area (Å²) in [6.07, 6.45) is 0.580. The minimum absolute atomic E-state index is 0.0136. The first-order chi connectivity index (χ1) is 24.5. The van der Waals surface area contributed by atoms with Gasteiger partial charge in [0.15, 0.2) is 0 Å². The van der Waals surface area contributed by atoms with Crippen LogP contribution < -0.4 is 0 Å². The van der Waals surface area contributed by atoms with E-state index >= 15 is 0 Å². The van der Waals surface area contributed by atoms with Gasteiger partial charge < -0.3 is 24.0 Å². The molecule has 1 saturated heterocycles. The fourth-order valence-corrected chi connectivity index (χ4v) is 6.72. The maximum Gasteiger partial charge on any atom is 0.262 e. The highest BCUT2D eigenvalue weighted by Gasteiger charge is 2.45. The molecule has 0 unspecified atom stereocenters. The molecule has 6 amide bonds. The van der Waals surface area contributed by atoms with Gasteiger partial charge in [-0.25, -0.2) is 0 Å². The molecule has 0 aromatic heterocycles. The lowest BCUT2D eigenvalue weighted by Gasteiger charge is -2.33. The van der Waals surface area contributed by atoms with Crippen molar-refractivity contribution in [3.05, 3.63) is 70.8 Å². The van der Waals surface area contributed by atoms with Crippen molar-refractivity contribution in [2.24, 2.45) is 11.8 Å². The van der Waals surface area contributed by atoms with Crippen LogP contribution in [0.4, 0.5) is 0 Å². The molecule has 2 aromatic rings. The largest absolute Gasteiger partial charge is 0.378 e. The van der Waals surface area contributed by atoms with Crippen molar-refractivity contribution in [3.8, 4) is 0 Å². The highest BCUT2D eigenvalue weighted by molar-refractivity contribution is 6.23. The molecule has 0 bridgehead atoms. The number of imide groups is 2. The van der Waals surface area contributed by atoms with E-state index in [4.69, 9.17) is 14.2 Å². The molecule has 0 radical (unpaired) electrons. The molecule has 3 heterocycles. The van der Waals surface area contributed by atoms with Crippen molar-refractivity contribution >= 4 is 35.4 Å². The molecule has 5 rings (SSSR count). The van der Waals surface area contributed by atoms with E-state index in [9.17, 15) is 28.8 Å². The zero-order chi connectivity index (χ0) is 36.7. The van der Waals surface area contributed by atoms with E-state index < -0.39 is 35.7 Å². The molecule has 0 saturated carbocycles. The summed E-state index contributed by atoms with van der Waals surface area (Å²) in [4.78, 5) is 87.2. The molecular formula is C38H48N4O9. The van der Waals surface area contributed by atoms with E-state index in [1.54, 1.807) is 58.3 Å². The van der Waals surface area contributed by atoms with Gasteiger partial charge in [-0.2, -0.15) is 0 Å². The first-order valence-electron chi connectivity index (χ1n) is 17.8. The van der Waals surface area contributed by atoms with Gasteiger partial charge >= 0.3 is 0 Å². The molecule has 51 heavy (non-hydrogen) atoms. The third-order valence-electron chi connectivity index (χ3n) is 9.25. The second-order valence-corrected chi connectivity index (χ2v) is 13.8. The average Bonchev–Trinajstić information content (AvgIpc) is 3.51. The standard InChI is InChI=1S/C38H48N4O9/c1-25(2)23-31(41-33(43)27-9-5-6-10-28(27)34(41)44)37(47)39-13-17-49-18-14-40(16-20-51-22-21-50-19-15-39)38(48)32(24-26(3)4)42-35(45)29-11-7-8-12-30(29)36(42)46/h5-12,25-26,31-32H,13-24H2,1-4H3/t31-,32-/m1/s1. The molecule has 2 aromatic carbocycles. The molecule has 1 fully saturated rings. The Morgan fingerprint density at radius 2 is 0.784 bits per heavy atom. The quantitative estimate of drug-likeness (QED) is 0.379. The summed E-state index contributed by atoms with van der Waals surface area (Å²) in [5.41, 5.74) is 1.13. The summed E-state index contributed by atoms with van der Waals surface area (Å²) in [6, 6.07) is 11.2. The Morgan fingerprint density at radius 1 is 0.510 bits per heavy atom. The number of benzene rings is 2. The first-order valence-corrected chi connectivity index (χ1v) is 17.8. The summed E-state index contributed by atoms with van der Waals surface area (Å²) in [5, 5.41) is 0. The number of hydrogen-bond acceptors (Lipinski definition) is 9. The Morgan fingerprint density at radius 3 is 1.06 bits per heavy atom. The number of hydrogen-bond donors (Lipinski definition) is 0. The summed E-state index contributed by atoms with van der Waals surface area (Å²) in [6.45, 7) is 9.61. The van der Waals surface area contributed by atoms with E-state index in [2.05, 4.69) is 0 Å². The second-order valence-electron chi connectivity index (χ2n) is 13.8. The van der Waals surface area contributed by atoms with Crippen LogP contribution in [0.3, 0.4) is 0 Å². The Hall–Kier alpha value is -4.46. The highest BCUT2D eigenvalue weighted by Crippen LogP contribution is 2.29. The Labute approximate surface area is 298 Å². The van der Waals surface area contributed by atoms with Crippen LogP contribution in [0.1, 0.15) is 82.0 Å². The zero-order valence-corrected chi connectivity index (χ0v) is 29.9. The van der Waals surface area contributed by atoms with Crippen LogP contribution >= 0.6 is 0 Å². The normalized spacial score (nSPS) is 19.3. The monoisotopic (exact) mass is 704 g/mol. The number of amides is 6. The summed E-state index contributed by atoms with van der Waals surface area (Å²) in [5.74, 6) is -2.67. The average molecular weight is 705 g/mol. The van der Waals surface area contributed by atoms with Gasteiger partial charge in [0.25, 0.3) is 23.6 Å². The van der Waals surface area contributed by atoms with Crippen molar-refractivity contribution < 1.29 is 43.0 Å². The van der Waals surface area contributed by atoms with Gasteiger partial charge in [0.1, 0.15) is 12.1 Å². The van der Waals surface area contributed by atoms with Crippen LogP contribution in [0.5, 0.6) is 0 Å². The summed E-state index contributed by atoms with van der Waals surface area (Å²) < 4.78 is 17.5. The minimum atomic E-state index is -1.00. The molecule has 0 aliphatic carbocycles. The summed E-state index contributed by atoms with van der Waals surface area (Å²) in [7, 11) is 0. The van der Waals surface area contributed by atoms with Crippen molar-refractivity contribution in [3.63, 3.8) is 0 Å². The van der Waals surface area contributed by atoms with E-state index in [0.717, 1.165) is 9.80 Å². The van der Waals surface area contributed by atoms with Crippen LogP contribution in [-0.4, -0.2) is 133 Å². The molecule has 0 spiro atoms. The maximum absolute atomic E-state index is 14.2.